The lowest BCUT2D eigenvalue weighted by molar-refractivity contribution is 0.0696. The number of hydrogen-bond donors (Lipinski definition) is 2. The van der Waals surface area contributed by atoms with Gasteiger partial charge < -0.3 is 10.4 Å². The van der Waals surface area contributed by atoms with Crippen molar-refractivity contribution in [3.8, 4) is 6.07 Å². The molecular weight excluding hydrogens is 334 g/mol. The Labute approximate surface area is 130 Å². The van der Waals surface area contributed by atoms with E-state index in [1.54, 1.807) is 24.3 Å². The number of aryl methyl sites for hydroxylation is 1. The van der Waals surface area contributed by atoms with Gasteiger partial charge in [0, 0.05) is 10.2 Å². The topological polar surface area (TPSA) is 86.0 Å². The first-order valence-corrected chi connectivity index (χ1v) is 7.03. The van der Waals surface area contributed by atoms with Crippen LogP contribution < -0.4 is 5.32 Å². The largest absolute Gasteiger partial charge is 0.478 e. The van der Waals surface area contributed by atoms with Crippen LogP contribution in [0.3, 0.4) is 0 Å². The van der Waals surface area contributed by atoms with Crippen LogP contribution in [0.25, 0.3) is 0 Å². The van der Waals surface area contributed by atoms with Gasteiger partial charge in [0.15, 0.2) is 0 Å². The summed E-state index contributed by atoms with van der Waals surface area (Å²) in [7, 11) is 0. The summed E-state index contributed by atoms with van der Waals surface area (Å²) in [5, 5.41) is 21.0. The molecule has 0 aliphatic rings. The molecule has 2 N–H and O–H groups in total. The van der Waals surface area contributed by atoms with Crippen molar-refractivity contribution in [3.05, 3.63) is 51.6 Å². The van der Waals surface area contributed by atoms with Crippen LogP contribution >= 0.6 is 15.9 Å². The van der Waals surface area contributed by atoms with Gasteiger partial charge >= 0.3 is 5.97 Å². The number of rotatable bonds is 4. The fourth-order valence-corrected chi connectivity index (χ4v) is 2.26. The summed E-state index contributed by atoms with van der Waals surface area (Å²) in [6, 6.07) is 10.2. The van der Waals surface area contributed by atoms with Gasteiger partial charge in [-0.2, -0.15) is 5.26 Å². The molecule has 2 aromatic rings. The maximum atomic E-state index is 11.1. The maximum absolute atomic E-state index is 11.1. The van der Waals surface area contributed by atoms with Crippen LogP contribution in [0.4, 0.5) is 11.5 Å². The Bertz CT molecular complexity index is 738. The number of anilines is 2. The second-order valence-corrected chi connectivity index (χ2v) is 5.18. The Morgan fingerprint density at radius 3 is 2.76 bits per heavy atom. The van der Waals surface area contributed by atoms with E-state index in [1.807, 2.05) is 6.92 Å². The maximum Gasteiger partial charge on any atom is 0.335 e. The molecule has 0 amide bonds. The number of nitriles is 1. The van der Waals surface area contributed by atoms with Crippen molar-refractivity contribution in [1.82, 2.24) is 4.98 Å². The molecule has 0 bridgehead atoms. The van der Waals surface area contributed by atoms with Gasteiger partial charge in [-0.05, 0) is 52.7 Å². The number of halogens is 1. The monoisotopic (exact) mass is 345 g/mol. The fraction of sp³-hybridized carbons (Fsp3) is 0.133. The predicted octanol–water partition coefficient (Wildman–Crippen LogP) is 3.72. The zero-order valence-electron chi connectivity index (χ0n) is 11.2. The molecule has 0 saturated carbocycles. The number of carbonyl (C=O) groups is 1. The minimum Gasteiger partial charge on any atom is -0.478 e. The molecular formula is C15H12BrN3O2. The third-order valence-corrected chi connectivity index (χ3v) is 3.50. The zero-order valence-corrected chi connectivity index (χ0v) is 12.8. The lowest BCUT2D eigenvalue weighted by atomic mass is 10.2. The SMILES string of the molecule is CCc1cc(C(=O)O)cc(Nc2ccc(C#N)cc2Br)n1. The van der Waals surface area contributed by atoms with E-state index >= 15 is 0 Å². The summed E-state index contributed by atoms with van der Waals surface area (Å²) >= 11 is 3.37. The summed E-state index contributed by atoms with van der Waals surface area (Å²) in [6.45, 7) is 1.91. The molecule has 1 aromatic carbocycles. The van der Waals surface area contributed by atoms with Gasteiger partial charge in [0.25, 0.3) is 0 Å². The number of hydrogen-bond acceptors (Lipinski definition) is 4. The molecule has 0 atom stereocenters. The highest BCUT2D eigenvalue weighted by atomic mass is 79.9. The van der Waals surface area contributed by atoms with Gasteiger partial charge in [-0.1, -0.05) is 6.92 Å². The number of pyridine rings is 1. The van der Waals surface area contributed by atoms with E-state index in [-0.39, 0.29) is 5.56 Å². The van der Waals surface area contributed by atoms with Crippen molar-refractivity contribution < 1.29 is 9.90 Å². The molecule has 106 valence electrons. The molecule has 0 fully saturated rings. The molecule has 0 spiro atoms. The van der Waals surface area contributed by atoms with Crippen molar-refractivity contribution in [2.24, 2.45) is 0 Å². The van der Waals surface area contributed by atoms with Crippen molar-refractivity contribution in [2.75, 3.05) is 5.32 Å². The van der Waals surface area contributed by atoms with Crippen molar-refractivity contribution in [3.63, 3.8) is 0 Å². The van der Waals surface area contributed by atoms with Gasteiger partial charge in [0.05, 0.1) is 22.9 Å². The van der Waals surface area contributed by atoms with Gasteiger partial charge in [0.1, 0.15) is 5.82 Å². The first kappa shape index (κ1) is 15.0. The van der Waals surface area contributed by atoms with E-state index in [0.29, 0.717) is 33.7 Å². The Hall–Kier alpha value is -2.39. The number of nitrogens with zero attached hydrogens (tertiary/aromatic N) is 2. The molecule has 2 rings (SSSR count). The molecule has 6 heteroatoms. The highest BCUT2D eigenvalue weighted by molar-refractivity contribution is 9.10. The summed E-state index contributed by atoms with van der Waals surface area (Å²) < 4.78 is 0.710. The second kappa shape index (κ2) is 6.37. The van der Waals surface area contributed by atoms with Crippen molar-refractivity contribution in [2.45, 2.75) is 13.3 Å². The second-order valence-electron chi connectivity index (χ2n) is 4.32. The molecule has 21 heavy (non-hydrogen) atoms. The molecule has 0 unspecified atom stereocenters. The Kier molecular flexibility index (Phi) is 4.55. The van der Waals surface area contributed by atoms with Crippen LogP contribution in [0.15, 0.2) is 34.8 Å². The number of carboxylic acids is 1. The summed E-state index contributed by atoms with van der Waals surface area (Å²) in [5.74, 6) is -0.536. The standard InChI is InChI=1S/C15H12BrN3O2/c1-2-11-6-10(15(20)21)7-14(18-11)19-13-4-3-9(8-17)5-12(13)16/h3-7H,2H2,1H3,(H,18,19)(H,20,21). The zero-order chi connectivity index (χ0) is 15.4. The van der Waals surface area contributed by atoms with E-state index in [9.17, 15) is 4.79 Å². The number of carboxylic acid groups (broad SMARTS) is 1. The van der Waals surface area contributed by atoms with E-state index in [4.69, 9.17) is 10.4 Å². The third-order valence-electron chi connectivity index (χ3n) is 2.85. The first-order chi connectivity index (χ1) is 10.0. The van der Waals surface area contributed by atoms with Crippen LogP contribution in [0.5, 0.6) is 0 Å². The van der Waals surface area contributed by atoms with Crippen LogP contribution in [0.1, 0.15) is 28.5 Å². The third kappa shape index (κ3) is 3.58. The molecule has 0 aliphatic carbocycles. The minimum absolute atomic E-state index is 0.189. The lowest BCUT2D eigenvalue weighted by Crippen LogP contribution is -2.03. The number of aromatic nitrogens is 1. The quantitative estimate of drug-likeness (QED) is 0.881. The van der Waals surface area contributed by atoms with Gasteiger partial charge in [-0.3, -0.25) is 0 Å². The molecule has 5 nitrogen and oxygen atoms in total. The van der Waals surface area contributed by atoms with Gasteiger partial charge in [0.2, 0.25) is 0 Å². The Morgan fingerprint density at radius 2 is 2.19 bits per heavy atom. The van der Waals surface area contributed by atoms with E-state index in [0.717, 1.165) is 0 Å². The van der Waals surface area contributed by atoms with Crippen LogP contribution in [-0.2, 0) is 6.42 Å². The van der Waals surface area contributed by atoms with Crippen LogP contribution in [-0.4, -0.2) is 16.1 Å². The average molecular weight is 346 g/mol. The highest BCUT2D eigenvalue weighted by Crippen LogP contribution is 2.26. The lowest BCUT2D eigenvalue weighted by Gasteiger charge is -2.10. The van der Waals surface area contributed by atoms with Crippen LogP contribution in [0, 0.1) is 11.3 Å². The molecule has 0 radical (unpaired) electrons. The minimum atomic E-state index is -0.992. The average Bonchev–Trinajstić information content (AvgIpc) is 2.48. The van der Waals surface area contributed by atoms with Crippen molar-refractivity contribution in [1.29, 1.82) is 5.26 Å². The molecule has 1 heterocycles. The first-order valence-electron chi connectivity index (χ1n) is 6.24. The predicted molar refractivity (Wildman–Crippen MR) is 82.7 cm³/mol. The summed E-state index contributed by atoms with van der Waals surface area (Å²) in [4.78, 5) is 15.5. The normalized spacial score (nSPS) is 9.95. The smallest absolute Gasteiger partial charge is 0.335 e. The van der Waals surface area contributed by atoms with Crippen LogP contribution in [0.2, 0.25) is 0 Å². The number of aromatic carboxylic acids is 1. The summed E-state index contributed by atoms with van der Waals surface area (Å²) in [6.07, 6.45) is 0.643. The van der Waals surface area contributed by atoms with Gasteiger partial charge in [-0.25, -0.2) is 9.78 Å². The summed E-state index contributed by atoms with van der Waals surface area (Å²) in [5.41, 5.74) is 2.14. The van der Waals surface area contributed by atoms with Crippen molar-refractivity contribution >= 4 is 33.4 Å². The molecule has 0 saturated heterocycles. The Balaban J connectivity index is 2.37. The Morgan fingerprint density at radius 1 is 1.43 bits per heavy atom. The number of benzene rings is 1. The highest BCUT2D eigenvalue weighted by Gasteiger charge is 2.09. The van der Waals surface area contributed by atoms with E-state index < -0.39 is 5.97 Å². The molecule has 0 aliphatic heterocycles. The molecule has 1 aromatic heterocycles. The number of nitrogens with one attached hydrogen (secondary N) is 1. The van der Waals surface area contributed by atoms with E-state index in [1.165, 1.54) is 6.07 Å². The van der Waals surface area contributed by atoms with Gasteiger partial charge in [-0.15, -0.1) is 0 Å². The fourth-order valence-electron chi connectivity index (χ4n) is 1.78. The van der Waals surface area contributed by atoms with E-state index in [2.05, 4.69) is 32.3 Å².